The van der Waals surface area contributed by atoms with Crippen LogP contribution in [0.1, 0.15) is 20.7 Å². The number of benzene rings is 2. The zero-order valence-corrected chi connectivity index (χ0v) is 14.1. The lowest BCUT2D eigenvalue weighted by molar-refractivity contribution is 0.0600. The Hall–Kier alpha value is -3.61. The molecule has 1 amide bonds. The van der Waals surface area contributed by atoms with Crippen LogP contribution in [0.5, 0.6) is 5.75 Å². The summed E-state index contributed by atoms with van der Waals surface area (Å²) in [6.07, 6.45) is 0. The van der Waals surface area contributed by atoms with Crippen molar-refractivity contribution in [2.75, 3.05) is 19.5 Å². The maximum Gasteiger partial charge on any atom is 0.349 e. The van der Waals surface area contributed by atoms with E-state index in [-0.39, 0.29) is 16.7 Å². The first-order chi connectivity index (χ1) is 12.5. The van der Waals surface area contributed by atoms with Crippen molar-refractivity contribution in [2.24, 2.45) is 0 Å². The van der Waals surface area contributed by atoms with Crippen molar-refractivity contribution in [3.63, 3.8) is 0 Å². The summed E-state index contributed by atoms with van der Waals surface area (Å²) >= 11 is 0. The summed E-state index contributed by atoms with van der Waals surface area (Å²) in [7, 11) is 2.73. The summed E-state index contributed by atoms with van der Waals surface area (Å²) < 4.78 is 15.0. The largest absolute Gasteiger partial charge is 0.493 e. The van der Waals surface area contributed by atoms with Crippen LogP contribution in [-0.4, -0.2) is 26.1 Å². The van der Waals surface area contributed by atoms with E-state index in [1.54, 1.807) is 36.4 Å². The molecule has 1 N–H and O–H groups in total. The molecule has 0 saturated carbocycles. The predicted molar refractivity (Wildman–Crippen MR) is 94.8 cm³/mol. The summed E-state index contributed by atoms with van der Waals surface area (Å²) in [5.41, 5.74) is -0.0503. The number of methoxy groups -OCH3 is 2. The van der Waals surface area contributed by atoms with E-state index in [0.29, 0.717) is 16.8 Å². The van der Waals surface area contributed by atoms with Crippen molar-refractivity contribution in [2.45, 2.75) is 0 Å². The molecule has 3 aromatic rings. The highest BCUT2D eigenvalue weighted by molar-refractivity contribution is 6.06. The van der Waals surface area contributed by atoms with Gasteiger partial charge in [0.15, 0.2) is 11.3 Å². The first kappa shape index (κ1) is 17.2. The molecule has 0 aliphatic carbocycles. The molecule has 0 bridgehead atoms. The van der Waals surface area contributed by atoms with E-state index in [1.165, 1.54) is 26.4 Å². The highest BCUT2D eigenvalue weighted by atomic mass is 16.5. The van der Waals surface area contributed by atoms with Crippen molar-refractivity contribution < 1.29 is 23.5 Å². The molecule has 2 aromatic carbocycles. The average molecular weight is 353 g/mol. The Balaban J connectivity index is 1.94. The number of carbonyl (C=O) groups excluding carboxylic acids is 2. The van der Waals surface area contributed by atoms with Crippen LogP contribution >= 0.6 is 0 Å². The van der Waals surface area contributed by atoms with E-state index in [4.69, 9.17) is 9.15 Å². The molecule has 0 aliphatic heterocycles. The Morgan fingerprint density at radius 1 is 1.04 bits per heavy atom. The number of rotatable bonds is 4. The van der Waals surface area contributed by atoms with Crippen molar-refractivity contribution in [3.8, 4) is 5.75 Å². The Labute approximate surface area is 148 Å². The second kappa shape index (κ2) is 7.10. The Morgan fingerprint density at radius 2 is 1.81 bits per heavy atom. The Bertz CT molecular complexity index is 1050. The number of para-hydroxylation sites is 1. The van der Waals surface area contributed by atoms with Gasteiger partial charge >= 0.3 is 11.6 Å². The molecule has 7 nitrogen and oxygen atoms in total. The number of anilines is 1. The number of amides is 1. The molecule has 0 radical (unpaired) electrons. The van der Waals surface area contributed by atoms with Gasteiger partial charge in [0.05, 0.1) is 19.8 Å². The number of esters is 1. The fraction of sp³-hybridized carbons (Fsp3) is 0.105. The van der Waals surface area contributed by atoms with Gasteiger partial charge in [-0.1, -0.05) is 18.2 Å². The van der Waals surface area contributed by atoms with Gasteiger partial charge in [-0.2, -0.15) is 0 Å². The smallest absolute Gasteiger partial charge is 0.349 e. The quantitative estimate of drug-likeness (QED) is 0.572. The standard InChI is InChI=1S/C19H15NO6/c1-24-15-8-4-5-11-10-14(19(23)26-16(11)15)17(21)20-13-7-3-6-12(9-13)18(22)25-2/h3-10H,1-2H3,(H,20,21). The van der Waals surface area contributed by atoms with Crippen LogP contribution in [0, 0.1) is 0 Å². The number of hydrogen-bond donors (Lipinski definition) is 1. The van der Waals surface area contributed by atoms with Gasteiger partial charge in [0.1, 0.15) is 5.56 Å². The van der Waals surface area contributed by atoms with E-state index < -0.39 is 17.5 Å². The van der Waals surface area contributed by atoms with E-state index in [2.05, 4.69) is 10.1 Å². The van der Waals surface area contributed by atoms with Crippen LogP contribution in [0.2, 0.25) is 0 Å². The molecule has 0 aliphatic rings. The van der Waals surface area contributed by atoms with Gasteiger partial charge in [0.2, 0.25) is 0 Å². The zero-order chi connectivity index (χ0) is 18.7. The number of carbonyl (C=O) groups is 2. The van der Waals surface area contributed by atoms with E-state index in [0.717, 1.165) is 0 Å². The van der Waals surface area contributed by atoms with E-state index in [9.17, 15) is 14.4 Å². The molecule has 1 aromatic heterocycles. The van der Waals surface area contributed by atoms with Crippen LogP contribution in [0.25, 0.3) is 11.0 Å². The minimum Gasteiger partial charge on any atom is -0.493 e. The number of nitrogens with one attached hydrogen (secondary N) is 1. The second-order valence-electron chi connectivity index (χ2n) is 5.35. The number of fused-ring (bicyclic) bond motifs is 1. The van der Waals surface area contributed by atoms with Gasteiger partial charge < -0.3 is 19.2 Å². The Morgan fingerprint density at radius 3 is 2.54 bits per heavy atom. The van der Waals surface area contributed by atoms with E-state index >= 15 is 0 Å². The van der Waals surface area contributed by atoms with Gasteiger partial charge in [0, 0.05) is 11.1 Å². The lowest BCUT2D eigenvalue weighted by atomic mass is 10.1. The van der Waals surface area contributed by atoms with Crippen molar-refractivity contribution in [3.05, 3.63) is 70.1 Å². The van der Waals surface area contributed by atoms with Gasteiger partial charge in [-0.3, -0.25) is 4.79 Å². The minimum atomic E-state index is -0.788. The maximum absolute atomic E-state index is 12.5. The fourth-order valence-electron chi connectivity index (χ4n) is 2.48. The maximum atomic E-state index is 12.5. The van der Waals surface area contributed by atoms with Crippen LogP contribution < -0.4 is 15.7 Å². The SMILES string of the molecule is COC(=O)c1cccc(NC(=O)c2cc3cccc(OC)c3oc2=O)c1. The average Bonchev–Trinajstić information content (AvgIpc) is 2.66. The van der Waals surface area contributed by atoms with Crippen LogP contribution in [0.3, 0.4) is 0 Å². The lowest BCUT2D eigenvalue weighted by Gasteiger charge is -2.08. The van der Waals surface area contributed by atoms with Crippen molar-refractivity contribution in [1.82, 2.24) is 0 Å². The number of hydrogen-bond acceptors (Lipinski definition) is 6. The third kappa shape index (κ3) is 3.27. The molecule has 0 unspecified atom stereocenters. The first-order valence-electron chi connectivity index (χ1n) is 7.64. The molecule has 7 heteroatoms. The molecule has 0 saturated heterocycles. The molecular formula is C19H15NO6. The van der Waals surface area contributed by atoms with Gasteiger partial charge in [-0.05, 0) is 30.3 Å². The molecule has 0 spiro atoms. The monoisotopic (exact) mass is 353 g/mol. The summed E-state index contributed by atoms with van der Waals surface area (Å²) in [5, 5.41) is 3.13. The van der Waals surface area contributed by atoms with E-state index in [1.807, 2.05) is 0 Å². The van der Waals surface area contributed by atoms with Crippen LogP contribution in [0.15, 0.2) is 57.7 Å². The summed E-state index contributed by atoms with van der Waals surface area (Å²) in [4.78, 5) is 36.2. The minimum absolute atomic E-state index is 0.158. The van der Waals surface area contributed by atoms with Gasteiger partial charge in [-0.15, -0.1) is 0 Å². The molecular weight excluding hydrogens is 338 g/mol. The highest BCUT2D eigenvalue weighted by Gasteiger charge is 2.16. The summed E-state index contributed by atoms with van der Waals surface area (Å²) in [6.45, 7) is 0. The first-order valence-corrected chi connectivity index (χ1v) is 7.64. The zero-order valence-electron chi connectivity index (χ0n) is 14.1. The second-order valence-corrected chi connectivity index (χ2v) is 5.35. The fourth-order valence-corrected chi connectivity index (χ4v) is 2.48. The highest BCUT2D eigenvalue weighted by Crippen LogP contribution is 2.24. The third-order valence-electron chi connectivity index (χ3n) is 3.73. The molecule has 3 rings (SSSR count). The van der Waals surface area contributed by atoms with Crippen LogP contribution in [0.4, 0.5) is 5.69 Å². The normalized spacial score (nSPS) is 10.4. The van der Waals surface area contributed by atoms with Crippen molar-refractivity contribution in [1.29, 1.82) is 0 Å². The molecule has 132 valence electrons. The Kier molecular flexibility index (Phi) is 4.70. The third-order valence-corrected chi connectivity index (χ3v) is 3.73. The molecule has 26 heavy (non-hydrogen) atoms. The van der Waals surface area contributed by atoms with Gasteiger partial charge in [0.25, 0.3) is 5.91 Å². The summed E-state index contributed by atoms with van der Waals surface area (Å²) in [5.74, 6) is -0.777. The van der Waals surface area contributed by atoms with Gasteiger partial charge in [-0.25, -0.2) is 9.59 Å². The summed E-state index contributed by atoms with van der Waals surface area (Å²) in [6, 6.07) is 12.7. The molecule has 0 atom stereocenters. The molecule has 1 heterocycles. The van der Waals surface area contributed by atoms with Crippen molar-refractivity contribution >= 4 is 28.5 Å². The predicted octanol–water partition coefficient (Wildman–Crippen LogP) is 2.84. The van der Waals surface area contributed by atoms with Crippen LogP contribution in [-0.2, 0) is 4.74 Å². The molecule has 0 fully saturated rings. The topological polar surface area (TPSA) is 94.8 Å². The lowest BCUT2D eigenvalue weighted by Crippen LogP contribution is -2.21. The number of ether oxygens (including phenoxy) is 2.